The lowest BCUT2D eigenvalue weighted by Crippen LogP contribution is -2.63. The number of amides is 1. The van der Waals surface area contributed by atoms with Crippen molar-refractivity contribution in [3.63, 3.8) is 0 Å². The van der Waals surface area contributed by atoms with Crippen molar-refractivity contribution in [1.29, 1.82) is 0 Å². The van der Waals surface area contributed by atoms with Crippen LogP contribution in [0.5, 0.6) is 0 Å². The molecule has 120 valence electrons. The largest absolute Gasteiger partial charge is 0.384 e. The van der Waals surface area contributed by atoms with Gasteiger partial charge >= 0.3 is 5.69 Å². The van der Waals surface area contributed by atoms with Gasteiger partial charge in [0, 0.05) is 43.4 Å². The number of hydrogen-bond acceptors (Lipinski definition) is 5. The minimum absolute atomic E-state index is 0.0155. The molecule has 2 heterocycles. The number of aromatic amines is 2. The van der Waals surface area contributed by atoms with Crippen LogP contribution < -0.4 is 16.6 Å². The minimum atomic E-state index is -0.584. The standard InChI is InChI=1S/C14H19N3O5/c1-21-6-9-11(8-2-3-22-12(8)9)16-10(18)4-7-5-15-14(20)17-13(7)19/h5,8-9,11-12H,2-4,6H2,1H3,(H,16,18)(H2,15,17,19,20)/t8-,9-,11-,12-/m0/s1. The number of aromatic nitrogens is 2. The van der Waals surface area contributed by atoms with Crippen molar-refractivity contribution in [3.8, 4) is 0 Å². The SMILES string of the molecule is COC[C@H]1[C@@H](NC(=O)Cc2c[nH]c(=O)[nH]c2=O)[C@@H]2CCO[C@@H]21. The van der Waals surface area contributed by atoms with Gasteiger partial charge in [0.15, 0.2) is 0 Å². The maximum Gasteiger partial charge on any atom is 0.325 e. The number of hydrogen-bond donors (Lipinski definition) is 3. The molecule has 2 fully saturated rings. The highest BCUT2D eigenvalue weighted by Gasteiger charge is 2.54. The van der Waals surface area contributed by atoms with E-state index < -0.39 is 11.2 Å². The second-order valence-electron chi connectivity index (χ2n) is 5.77. The Kier molecular flexibility index (Phi) is 4.12. The molecule has 1 aromatic heterocycles. The van der Waals surface area contributed by atoms with Crippen molar-refractivity contribution in [3.05, 3.63) is 32.6 Å². The summed E-state index contributed by atoms with van der Waals surface area (Å²) >= 11 is 0. The summed E-state index contributed by atoms with van der Waals surface area (Å²) in [4.78, 5) is 39.2. The van der Waals surface area contributed by atoms with Crippen LogP contribution in [0.1, 0.15) is 12.0 Å². The number of ether oxygens (including phenoxy) is 2. The predicted molar refractivity (Wildman–Crippen MR) is 76.5 cm³/mol. The average Bonchev–Trinajstić information content (AvgIpc) is 2.90. The third kappa shape index (κ3) is 2.71. The van der Waals surface area contributed by atoms with Gasteiger partial charge in [0.2, 0.25) is 5.91 Å². The van der Waals surface area contributed by atoms with Crippen LogP contribution in [0.25, 0.3) is 0 Å². The van der Waals surface area contributed by atoms with Crippen LogP contribution in [-0.2, 0) is 20.7 Å². The zero-order valence-electron chi connectivity index (χ0n) is 12.3. The highest BCUT2D eigenvalue weighted by Crippen LogP contribution is 2.43. The van der Waals surface area contributed by atoms with E-state index in [1.807, 2.05) is 0 Å². The first kappa shape index (κ1) is 15.0. The van der Waals surface area contributed by atoms with Crippen LogP contribution in [0.15, 0.2) is 15.8 Å². The Bertz CT molecular complexity index is 667. The van der Waals surface area contributed by atoms with Crippen molar-refractivity contribution >= 4 is 5.91 Å². The lowest BCUT2D eigenvalue weighted by Gasteiger charge is -2.47. The molecule has 4 atom stereocenters. The predicted octanol–water partition coefficient (Wildman–Crippen LogP) is -1.23. The van der Waals surface area contributed by atoms with Crippen molar-refractivity contribution in [1.82, 2.24) is 15.3 Å². The molecule has 0 radical (unpaired) electrons. The number of fused-ring (bicyclic) bond motifs is 1. The molecule has 22 heavy (non-hydrogen) atoms. The van der Waals surface area contributed by atoms with Gasteiger partial charge in [0.05, 0.1) is 19.1 Å². The summed E-state index contributed by atoms with van der Waals surface area (Å²) in [5, 5.41) is 2.97. The van der Waals surface area contributed by atoms with Gasteiger partial charge in [0.25, 0.3) is 5.56 Å². The van der Waals surface area contributed by atoms with Gasteiger partial charge in [-0.1, -0.05) is 0 Å². The summed E-state index contributed by atoms with van der Waals surface area (Å²) in [6, 6.07) is 0.0155. The Morgan fingerprint density at radius 2 is 2.32 bits per heavy atom. The summed E-state index contributed by atoms with van der Waals surface area (Å²) < 4.78 is 10.8. The van der Waals surface area contributed by atoms with Crippen LogP contribution in [0.3, 0.4) is 0 Å². The van der Waals surface area contributed by atoms with Crippen molar-refractivity contribution in [2.75, 3.05) is 20.3 Å². The van der Waals surface area contributed by atoms with Gasteiger partial charge in [-0.2, -0.15) is 0 Å². The molecule has 8 nitrogen and oxygen atoms in total. The molecule has 8 heteroatoms. The fraction of sp³-hybridized carbons (Fsp3) is 0.643. The lowest BCUT2D eigenvalue weighted by atomic mass is 9.67. The average molecular weight is 309 g/mol. The molecule has 1 saturated carbocycles. The van der Waals surface area contributed by atoms with Gasteiger partial charge in [-0.15, -0.1) is 0 Å². The minimum Gasteiger partial charge on any atom is -0.384 e. The molecule has 1 amide bonds. The van der Waals surface area contributed by atoms with E-state index in [2.05, 4.69) is 15.3 Å². The monoisotopic (exact) mass is 309 g/mol. The van der Waals surface area contributed by atoms with E-state index in [9.17, 15) is 14.4 Å². The molecule has 0 unspecified atom stereocenters. The molecule has 1 saturated heterocycles. The van der Waals surface area contributed by atoms with Crippen molar-refractivity contribution < 1.29 is 14.3 Å². The molecule has 0 aromatic carbocycles. The Labute approximate surface area is 126 Å². The molecule has 1 aliphatic heterocycles. The van der Waals surface area contributed by atoms with E-state index in [0.717, 1.165) is 6.42 Å². The molecule has 1 aliphatic carbocycles. The third-order valence-corrected chi connectivity index (χ3v) is 4.46. The molecule has 3 N–H and O–H groups in total. The van der Waals surface area contributed by atoms with Gasteiger partial charge < -0.3 is 19.8 Å². The molecule has 2 aliphatic rings. The van der Waals surface area contributed by atoms with Gasteiger partial charge in [-0.05, 0) is 6.42 Å². The maximum absolute atomic E-state index is 12.2. The van der Waals surface area contributed by atoms with E-state index in [1.165, 1.54) is 6.20 Å². The van der Waals surface area contributed by atoms with Crippen LogP contribution in [0.2, 0.25) is 0 Å². The molecule has 0 bridgehead atoms. The topological polar surface area (TPSA) is 113 Å². The highest BCUT2D eigenvalue weighted by atomic mass is 16.5. The van der Waals surface area contributed by atoms with Crippen molar-refractivity contribution in [2.45, 2.75) is 25.0 Å². The number of carbonyl (C=O) groups is 1. The van der Waals surface area contributed by atoms with Crippen LogP contribution in [0, 0.1) is 11.8 Å². The zero-order valence-corrected chi connectivity index (χ0v) is 12.3. The molecule has 1 aromatic rings. The Hall–Kier alpha value is -1.93. The smallest absolute Gasteiger partial charge is 0.325 e. The normalized spacial score (nSPS) is 29.7. The fourth-order valence-electron chi connectivity index (χ4n) is 3.41. The molecular weight excluding hydrogens is 290 g/mol. The van der Waals surface area contributed by atoms with Crippen LogP contribution in [0.4, 0.5) is 0 Å². The summed E-state index contributed by atoms with van der Waals surface area (Å²) in [6.45, 7) is 1.24. The quantitative estimate of drug-likeness (QED) is 0.630. The van der Waals surface area contributed by atoms with E-state index in [-0.39, 0.29) is 36.0 Å². The summed E-state index contributed by atoms with van der Waals surface area (Å²) in [5.41, 5.74) is -0.888. The van der Waals surface area contributed by atoms with Crippen molar-refractivity contribution in [2.24, 2.45) is 11.8 Å². The number of methoxy groups -OCH3 is 1. The zero-order chi connectivity index (χ0) is 15.7. The van der Waals surface area contributed by atoms with Gasteiger partial charge in [0.1, 0.15) is 0 Å². The Morgan fingerprint density at radius 3 is 3.05 bits per heavy atom. The van der Waals surface area contributed by atoms with Crippen LogP contribution in [-0.4, -0.2) is 48.3 Å². The Morgan fingerprint density at radius 1 is 1.50 bits per heavy atom. The van der Waals surface area contributed by atoms with Crippen LogP contribution >= 0.6 is 0 Å². The Balaban J connectivity index is 1.63. The van der Waals surface area contributed by atoms with E-state index in [1.54, 1.807) is 7.11 Å². The summed E-state index contributed by atoms with van der Waals surface area (Å²) in [5.74, 6) is 0.224. The van der Waals surface area contributed by atoms with E-state index in [4.69, 9.17) is 9.47 Å². The molecular formula is C14H19N3O5. The summed E-state index contributed by atoms with van der Waals surface area (Å²) in [7, 11) is 1.63. The van der Waals surface area contributed by atoms with Gasteiger partial charge in [-0.3, -0.25) is 14.6 Å². The lowest BCUT2D eigenvalue weighted by molar-refractivity contribution is -0.129. The fourth-order valence-corrected chi connectivity index (χ4v) is 3.41. The number of nitrogens with one attached hydrogen (secondary N) is 3. The second-order valence-corrected chi connectivity index (χ2v) is 5.77. The first-order valence-corrected chi connectivity index (χ1v) is 7.31. The highest BCUT2D eigenvalue weighted by molar-refractivity contribution is 5.78. The van der Waals surface area contributed by atoms with E-state index in [0.29, 0.717) is 19.1 Å². The molecule has 0 spiro atoms. The third-order valence-electron chi connectivity index (χ3n) is 4.46. The molecule has 3 rings (SSSR count). The summed E-state index contributed by atoms with van der Waals surface area (Å²) in [6.07, 6.45) is 2.28. The number of H-pyrrole nitrogens is 2. The first-order valence-electron chi connectivity index (χ1n) is 7.31. The first-order chi connectivity index (χ1) is 10.6. The second kappa shape index (κ2) is 6.05. The number of rotatable bonds is 5. The number of carbonyl (C=O) groups excluding carboxylic acids is 1. The van der Waals surface area contributed by atoms with Gasteiger partial charge in [-0.25, -0.2) is 4.79 Å². The maximum atomic E-state index is 12.2. The van der Waals surface area contributed by atoms with E-state index >= 15 is 0 Å².